The van der Waals surface area contributed by atoms with Crippen LogP contribution in [0.4, 0.5) is 4.39 Å². The lowest BCUT2D eigenvalue weighted by Gasteiger charge is -2.33. The zero-order valence-corrected chi connectivity index (χ0v) is 17.0. The summed E-state index contributed by atoms with van der Waals surface area (Å²) >= 11 is 0. The Labute approximate surface area is 175 Å². The number of hydrogen-bond acceptors (Lipinski definition) is 4. The number of benzene rings is 1. The van der Waals surface area contributed by atoms with Gasteiger partial charge in [0.1, 0.15) is 5.82 Å². The van der Waals surface area contributed by atoms with E-state index in [0.29, 0.717) is 56.9 Å². The number of ether oxygens (including phenoxy) is 1. The van der Waals surface area contributed by atoms with E-state index in [1.165, 1.54) is 6.07 Å². The minimum atomic E-state index is -0.273. The van der Waals surface area contributed by atoms with Crippen LogP contribution in [0.5, 0.6) is 0 Å². The molecule has 2 aromatic rings. The molecule has 3 heterocycles. The molecule has 0 bridgehead atoms. The molecule has 0 radical (unpaired) electrons. The van der Waals surface area contributed by atoms with Crippen molar-refractivity contribution in [1.82, 2.24) is 20.0 Å². The molecule has 0 aliphatic carbocycles. The Morgan fingerprint density at radius 3 is 2.77 bits per heavy atom. The molecule has 7 nitrogen and oxygen atoms in total. The SMILES string of the molecule is O=C(CCc1ccccc1F)N1CCCC(c2[nH]ncc2C(=O)N2CCOCC2)C1. The quantitative estimate of drug-likeness (QED) is 0.815. The molecule has 2 saturated heterocycles. The van der Waals surface area contributed by atoms with Gasteiger partial charge in [0.15, 0.2) is 0 Å². The second-order valence-corrected chi connectivity index (χ2v) is 7.87. The van der Waals surface area contributed by atoms with Gasteiger partial charge in [-0.2, -0.15) is 5.10 Å². The Morgan fingerprint density at radius 1 is 1.17 bits per heavy atom. The van der Waals surface area contributed by atoms with Crippen molar-refractivity contribution in [1.29, 1.82) is 0 Å². The Balaban J connectivity index is 1.39. The maximum absolute atomic E-state index is 13.8. The summed E-state index contributed by atoms with van der Waals surface area (Å²) in [6.07, 6.45) is 4.00. The van der Waals surface area contributed by atoms with Crippen LogP contribution in [0.1, 0.15) is 46.8 Å². The molecule has 4 rings (SSSR count). The molecule has 8 heteroatoms. The molecule has 1 atom stereocenters. The summed E-state index contributed by atoms with van der Waals surface area (Å²) < 4.78 is 19.2. The maximum atomic E-state index is 13.8. The Kier molecular flexibility index (Phi) is 6.42. The highest BCUT2D eigenvalue weighted by Gasteiger charge is 2.30. The predicted molar refractivity (Wildman–Crippen MR) is 109 cm³/mol. The van der Waals surface area contributed by atoms with Crippen LogP contribution in [-0.2, 0) is 16.0 Å². The largest absolute Gasteiger partial charge is 0.378 e. The van der Waals surface area contributed by atoms with Gasteiger partial charge >= 0.3 is 0 Å². The van der Waals surface area contributed by atoms with Crippen molar-refractivity contribution in [3.05, 3.63) is 53.1 Å². The highest BCUT2D eigenvalue weighted by Crippen LogP contribution is 2.29. The van der Waals surface area contributed by atoms with Crippen molar-refractivity contribution in [3.63, 3.8) is 0 Å². The lowest BCUT2D eigenvalue weighted by molar-refractivity contribution is -0.132. The summed E-state index contributed by atoms with van der Waals surface area (Å²) in [5.74, 6) is -0.252. The topological polar surface area (TPSA) is 78.5 Å². The first-order valence-corrected chi connectivity index (χ1v) is 10.5. The number of morpholine rings is 1. The number of nitrogens with one attached hydrogen (secondary N) is 1. The normalized spacial score (nSPS) is 19.7. The minimum absolute atomic E-state index is 0.0172. The van der Waals surface area contributed by atoms with E-state index in [1.54, 1.807) is 29.3 Å². The molecular weight excluding hydrogens is 387 g/mol. The van der Waals surface area contributed by atoms with Gasteiger partial charge in [-0.15, -0.1) is 0 Å². The standard InChI is InChI=1S/C22H27FN4O3/c23-19-6-2-1-4-16(19)7-8-20(28)27-9-3-5-17(15-27)21-18(14-24-25-21)22(29)26-10-12-30-13-11-26/h1-2,4,6,14,17H,3,5,7-13,15H2,(H,24,25). The lowest BCUT2D eigenvalue weighted by atomic mass is 9.92. The number of carbonyl (C=O) groups is 2. The third-order valence-electron chi connectivity index (χ3n) is 5.95. The third kappa shape index (κ3) is 4.53. The molecule has 2 aliphatic heterocycles. The molecule has 1 aromatic carbocycles. The summed E-state index contributed by atoms with van der Waals surface area (Å²) in [5.41, 5.74) is 1.95. The Hall–Kier alpha value is -2.74. The van der Waals surface area contributed by atoms with E-state index < -0.39 is 0 Å². The fraction of sp³-hybridized carbons (Fsp3) is 0.500. The summed E-state index contributed by atoms with van der Waals surface area (Å²) in [7, 11) is 0. The summed E-state index contributed by atoms with van der Waals surface area (Å²) in [5, 5.41) is 7.12. The minimum Gasteiger partial charge on any atom is -0.378 e. The smallest absolute Gasteiger partial charge is 0.257 e. The highest BCUT2D eigenvalue weighted by molar-refractivity contribution is 5.95. The number of aromatic nitrogens is 2. The molecule has 160 valence electrons. The molecule has 0 saturated carbocycles. The zero-order valence-electron chi connectivity index (χ0n) is 17.0. The average molecular weight is 414 g/mol. The number of aryl methyl sites for hydroxylation is 1. The molecule has 2 amide bonds. The fourth-order valence-corrected chi connectivity index (χ4v) is 4.25. The van der Waals surface area contributed by atoms with E-state index in [0.717, 1.165) is 18.5 Å². The highest BCUT2D eigenvalue weighted by atomic mass is 19.1. The molecular formula is C22H27FN4O3. The van der Waals surface area contributed by atoms with Crippen LogP contribution in [-0.4, -0.2) is 71.2 Å². The van der Waals surface area contributed by atoms with E-state index in [1.807, 2.05) is 4.90 Å². The van der Waals surface area contributed by atoms with Crippen molar-refractivity contribution < 1.29 is 18.7 Å². The average Bonchev–Trinajstić information content (AvgIpc) is 3.28. The van der Waals surface area contributed by atoms with Gasteiger partial charge in [0.05, 0.1) is 30.7 Å². The zero-order chi connectivity index (χ0) is 20.9. The van der Waals surface area contributed by atoms with Gasteiger partial charge in [-0.1, -0.05) is 18.2 Å². The third-order valence-corrected chi connectivity index (χ3v) is 5.95. The first kappa shape index (κ1) is 20.5. The molecule has 2 aliphatic rings. The number of likely N-dealkylation sites (tertiary alicyclic amines) is 1. The van der Waals surface area contributed by atoms with E-state index in [2.05, 4.69) is 10.2 Å². The van der Waals surface area contributed by atoms with Crippen molar-refractivity contribution >= 4 is 11.8 Å². The second-order valence-electron chi connectivity index (χ2n) is 7.87. The van der Waals surface area contributed by atoms with Gasteiger partial charge in [-0.3, -0.25) is 14.7 Å². The molecule has 1 unspecified atom stereocenters. The summed E-state index contributed by atoms with van der Waals surface area (Å²) in [6.45, 7) is 3.48. The number of aromatic amines is 1. The fourth-order valence-electron chi connectivity index (χ4n) is 4.25. The van der Waals surface area contributed by atoms with E-state index in [-0.39, 0.29) is 30.0 Å². The van der Waals surface area contributed by atoms with E-state index in [9.17, 15) is 14.0 Å². The van der Waals surface area contributed by atoms with Crippen molar-refractivity contribution in [3.8, 4) is 0 Å². The van der Waals surface area contributed by atoms with Crippen molar-refractivity contribution in [2.24, 2.45) is 0 Å². The van der Waals surface area contributed by atoms with Crippen LogP contribution >= 0.6 is 0 Å². The van der Waals surface area contributed by atoms with Crippen LogP contribution in [0.2, 0.25) is 0 Å². The van der Waals surface area contributed by atoms with Crippen molar-refractivity contribution in [2.75, 3.05) is 39.4 Å². The van der Waals surface area contributed by atoms with Gasteiger partial charge in [0, 0.05) is 38.5 Å². The second kappa shape index (κ2) is 9.38. The number of carbonyl (C=O) groups excluding carboxylic acids is 2. The number of H-pyrrole nitrogens is 1. The number of nitrogens with zero attached hydrogens (tertiary/aromatic N) is 3. The summed E-state index contributed by atoms with van der Waals surface area (Å²) in [6, 6.07) is 6.57. The lowest BCUT2D eigenvalue weighted by Crippen LogP contribution is -2.42. The maximum Gasteiger partial charge on any atom is 0.257 e. The van der Waals surface area contributed by atoms with Crippen LogP contribution in [0, 0.1) is 5.82 Å². The Bertz CT molecular complexity index is 894. The van der Waals surface area contributed by atoms with Gasteiger partial charge in [-0.25, -0.2) is 4.39 Å². The van der Waals surface area contributed by atoms with Crippen LogP contribution < -0.4 is 0 Å². The Morgan fingerprint density at radius 2 is 1.97 bits per heavy atom. The van der Waals surface area contributed by atoms with Gasteiger partial charge in [-0.05, 0) is 30.9 Å². The van der Waals surface area contributed by atoms with E-state index in [4.69, 9.17) is 4.74 Å². The van der Waals surface area contributed by atoms with Crippen LogP contribution in [0.15, 0.2) is 30.5 Å². The molecule has 1 aromatic heterocycles. The van der Waals surface area contributed by atoms with Crippen molar-refractivity contribution in [2.45, 2.75) is 31.6 Å². The van der Waals surface area contributed by atoms with Crippen LogP contribution in [0.25, 0.3) is 0 Å². The summed E-state index contributed by atoms with van der Waals surface area (Å²) in [4.78, 5) is 29.3. The molecule has 0 spiro atoms. The van der Waals surface area contributed by atoms with Gasteiger partial charge < -0.3 is 14.5 Å². The number of halogens is 1. The number of amides is 2. The number of hydrogen-bond donors (Lipinski definition) is 1. The molecule has 2 fully saturated rings. The number of piperidine rings is 1. The first-order chi connectivity index (χ1) is 14.6. The van der Waals surface area contributed by atoms with Crippen LogP contribution in [0.3, 0.4) is 0 Å². The number of rotatable bonds is 5. The monoisotopic (exact) mass is 414 g/mol. The molecule has 1 N–H and O–H groups in total. The molecule has 30 heavy (non-hydrogen) atoms. The van der Waals surface area contributed by atoms with Gasteiger partial charge in [0.25, 0.3) is 5.91 Å². The van der Waals surface area contributed by atoms with E-state index >= 15 is 0 Å². The first-order valence-electron chi connectivity index (χ1n) is 10.5. The predicted octanol–water partition coefficient (Wildman–Crippen LogP) is 2.36. The van der Waals surface area contributed by atoms with Gasteiger partial charge in [0.2, 0.25) is 5.91 Å².